The molecule has 0 bridgehead atoms. The topological polar surface area (TPSA) is 72.5 Å². The van der Waals surface area contributed by atoms with Crippen LogP contribution in [0.2, 0.25) is 5.02 Å². The minimum absolute atomic E-state index is 0.0162. The molecular formula is C19H17ClFNO4. The van der Waals surface area contributed by atoms with E-state index in [1.807, 2.05) is 0 Å². The van der Waals surface area contributed by atoms with Crippen molar-refractivity contribution in [2.24, 2.45) is 0 Å². The van der Waals surface area contributed by atoms with E-state index in [2.05, 4.69) is 5.32 Å². The minimum Gasteiger partial charge on any atom is -0.456 e. The van der Waals surface area contributed by atoms with E-state index in [1.54, 1.807) is 36.4 Å². The van der Waals surface area contributed by atoms with Gasteiger partial charge in [0, 0.05) is 23.6 Å². The molecule has 0 aromatic heterocycles. The molecule has 26 heavy (non-hydrogen) atoms. The van der Waals surface area contributed by atoms with Crippen molar-refractivity contribution in [1.29, 1.82) is 0 Å². The number of halogens is 2. The quantitative estimate of drug-likeness (QED) is 0.566. The third-order valence-electron chi connectivity index (χ3n) is 3.49. The molecule has 0 spiro atoms. The van der Waals surface area contributed by atoms with Gasteiger partial charge in [-0.3, -0.25) is 14.4 Å². The first-order valence-corrected chi connectivity index (χ1v) is 8.27. The van der Waals surface area contributed by atoms with E-state index in [0.29, 0.717) is 10.6 Å². The van der Waals surface area contributed by atoms with Crippen LogP contribution < -0.4 is 5.32 Å². The van der Waals surface area contributed by atoms with Crippen molar-refractivity contribution in [3.05, 3.63) is 70.5 Å². The number of carbonyl (C=O) groups excluding carboxylic acids is 3. The Morgan fingerprint density at radius 1 is 0.962 bits per heavy atom. The van der Waals surface area contributed by atoms with Gasteiger partial charge in [0.25, 0.3) is 5.91 Å². The van der Waals surface area contributed by atoms with Crippen molar-refractivity contribution >= 4 is 29.3 Å². The number of benzene rings is 2. The van der Waals surface area contributed by atoms with E-state index in [4.69, 9.17) is 16.3 Å². The molecule has 0 aliphatic rings. The molecule has 1 N–H and O–H groups in total. The molecule has 0 aliphatic carbocycles. The average molecular weight is 378 g/mol. The third kappa shape index (κ3) is 6.64. The average Bonchev–Trinajstić information content (AvgIpc) is 2.64. The Bertz CT molecular complexity index is 775. The van der Waals surface area contributed by atoms with Crippen LogP contribution in [-0.4, -0.2) is 24.3 Å². The highest BCUT2D eigenvalue weighted by atomic mass is 35.5. The first-order chi connectivity index (χ1) is 12.4. The third-order valence-corrected chi connectivity index (χ3v) is 3.74. The van der Waals surface area contributed by atoms with Crippen molar-refractivity contribution in [2.45, 2.75) is 19.4 Å². The van der Waals surface area contributed by atoms with E-state index < -0.39 is 18.5 Å². The van der Waals surface area contributed by atoms with Crippen LogP contribution in [0.15, 0.2) is 48.5 Å². The molecule has 0 saturated carbocycles. The second kappa shape index (κ2) is 9.68. The normalized spacial score (nSPS) is 10.2. The van der Waals surface area contributed by atoms with Gasteiger partial charge >= 0.3 is 5.97 Å². The Kier molecular flexibility index (Phi) is 7.29. The van der Waals surface area contributed by atoms with Gasteiger partial charge in [-0.25, -0.2) is 4.39 Å². The number of hydrogen-bond donors (Lipinski definition) is 1. The second-order valence-corrected chi connectivity index (χ2v) is 5.93. The predicted molar refractivity (Wildman–Crippen MR) is 94.2 cm³/mol. The lowest BCUT2D eigenvalue weighted by atomic mass is 10.1. The fraction of sp³-hybridized carbons (Fsp3) is 0.211. The maximum atomic E-state index is 12.8. The molecule has 1 amide bonds. The van der Waals surface area contributed by atoms with Gasteiger partial charge in [0.1, 0.15) is 5.82 Å². The van der Waals surface area contributed by atoms with Gasteiger partial charge in [-0.05, 0) is 42.0 Å². The van der Waals surface area contributed by atoms with Gasteiger partial charge in [0.05, 0.1) is 6.42 Å². The maximum Gasteiger partial charge on any atom is 0.306 e. The first kappa shape index (κ1) is 19.6. The Hall–Kier alpha value is -2.73. The number of ketones is 1. The summed E-state index contributed by atoms with van der Waals surface area (Å²) in [5.74, 6) is -1.68. The lowest BCUT2D eigenvalue weighted by Gasteiger charge is -2.07. The van der Waals surface area contributed by atoms with Crippen LogP contribution in [-0.2, 0) is 20.9 Å². The molecular weight excluding hydrogens is 361 g/mol. The first-order valence-electron chi connectivity index (χ1n) is 7.89. The van der Waals surface area contributed by atoms with E-state index in [0.717, 1.165) is 5.56 Å². The van der Waals surface area contributed by atoms with E-state index in [1.165, 1.54) is 12.1 Å². The summed E-state index contributed by atoms with van der Waals surface area (Å²) >= 11 is 5.75. The lowest BCUT2D eigenvalue weighted by molar-refractivity contribution is -0.148. The molecule has 0 fully saturated rings. The Morgan fingerprint density at radius 3 is 2.27 bits per heavy atom. The van der Waals surface area contributed by atoms with Gasteiger partial charge < -0.3 is 10.1 Å². The summed E-state index contributed by atoms with van der Waals surface area (Å²) in [4.78, 5) is 35.2. The van der Waals surface area contributed by atoms with E-state index in [9.17, 15) is 18.8 Å². The molecule has 0 aliphatic heterocycles. The highest BCUT2D eigenvalue weighted by Crippen LogP contribution is 2.12. The zero-order valence-electron chi connectivity index (χ0n) is 13.8. The number of hydrogen-bond acceptors (Lipinski definition) is 4. The molecule has 0 unspecified atom stereocenters. The summed E-state index contributed by atoms with van der Waals surface area (Å²) in [5, 5.41) is 3.07. The number of ether oxygens (including phenoxy) is 1. The molecule has 2 rings (SSSR count). The molecule has 2 aromatic carbocycles. The summed E-state index contributed by atoms with van der Waals surface area (Å²) in [6.45, 7) is -0.235. The molecule has 5 nitrogen and oxygen atoms in total. The molecule has 0 saturated heterocycles. The highest BCUT2D eigenvalue weighted by Gasteiger charge is 2.12. The Labute approximate surface area is 155 Å². The van der Waals surface area contributed by atoms with Gasteiger partial charge in [-0.2, -0.15) is 0 Å². The smallest absolute Gasteiger partial charge is 0.306 e. The summed E-state index contributed by atoms with van der Waals surface area (Å²) in [6, 6.07) is 12.0. The van der Waals surface area contributed by atoms with Gasteiger partial charge in [0.2, 0.25) is 0 Å². The van der Waals surface area contributed by atoms with Crippen LogP contribution in [0.1, 0.15) is 28.8 Å². The van der Waals surface area contributed by atoms with Crippen LogP contribution in [0.5, 0.6) is 0 Å². The van der Waals surface area contributed by atoms with Crippen molar-refractivity contribution in [3.8, 4) is 0 Å². The van der Waals surface area contributed by atoms with Gasteiger partial charge in [-0.15, -0.1) is 0 Å². The number of Topliss-reactive ketones (excluding diaryl/α,β-unsaturated/α-hetero) is 1. The molecule has 2 aromatic rings. The number of rotatable bonds is 8. The van der Waals surface area contributed by atoms with Crippen LogP contribution in [0.3, 0.4) is 0 Å². The van der Waals surface area contributed by atoms with Crippen molar-refractivity contribution in [3.63, 3.8) is 0 Å². The Morgan fingerprint density at radius 2 is 1.62 bits per heavy atom. The SMILES string of the molecule is O=C(COC(=O)CCC(=O)c1ccc(Cl)cc1)NCc1ccc(F)cc1. The Balaban J connectivity index is 1.66. The summed E-state index contributed by atoms with van der Waals surface area (Å²) < 4.78 is 17.6. The number of amides is 1. The highest BCUT2D eigenvalue weighted by molar-refractivity contribution is 6.30. The van der Waals surface area contributed by atoms with Gasteiger partial charge in [-0.1, -0.05) is 23.7 Å². The number of nitrogens with one attached hydrogen (secondary N) is 1. The molecule has 7 heteroatoms. The summed E-state index contributed by atoms with van der Waals surface area (Å²) in [7, 11) is 0. The number of esters is 1. The van der Waals surface area contributed by atoms with E-state index in [-0.39, 0.29) is 31.0 Å². The lowest BCUT2D eigenvalue weighted by Crippen LogP contribution is -2.28. The zero-order valence-corrected chi connectivity index (χ0v) is 14.6. The van der Waals surface area contributed by atoms with Gasteiger partial charge in [0.15, 0.2) is 12.4 Å². The fourth-order valence-electron chi connectivity index (χ4n) is 2.07. The molecule has 0 radical (unpaired) electrons. The predicted octanol–water partition coefficient (Wildman–Crippen LogP) is 3.30. The second-order valence-electron chi connectivity index (χ2n) is 5.49. The van der Waals surface area contributed by atoms with Crippen molar-refractivity contribution in [2.75, 3.05) is 6.61 Å². The summed E-state index contributed by atoms with van der Waals surface area (Å²) in [5.41, 5.74) is 1.18. The van der Waals surface area contributed by atoms with Crippen LogP contribution in [0.4, 0.5) is 4.39 Å². The minimum atomic E-state index is -0.635. The number of carbonyl (C=O) groups is 3. The van der Waals surface area contributed by atoms with E-state index >= 15 is 0 Å². The fourth-order valence-corrected chi connectivity index (χ4v) is 2.19. The maximum absolute atomic E-state index is 12.8. The molecule has 0 atom stereocenters. The van der Waals surface area contributed by atoms with Crippen molar-refractivity contribution < 1.29 is 23.5 Å². The standard InChI is InChI=1S/C19H17ClFNO4/c20-15-5-3-14(4-6-15)17(23)9-10-19(25)26-12-18(24)22-11-13-1-7-16(21)8-2-13/h1-8H,9-12H2,(H,22,24). The molecule has 136 valence electrons. The molecule has 0 heterocycles. The van der Waals surface area contributed by atoms with Crippen LogP contribution in [0, 0.1) is 5.82 Å². The van der Waals surface area contributed by atoms with Crippen LogP contribution in [0.25, 0.3) is 0 Å². The van der Waals surface area contributed by atoms with Crippen LogP contribution >= 0.6 is 11.6 Å². The monoisotopic (exact) mass is 377 g/mol. The zero-order chi connectivity index (χ0) is 18.9. The largest absolute Gasteiger partial charge is 0.456 e. The summed E-state index contributed by atoms with van der Waals surface area (Å²) in [6.07, 6.45) is -0.135. The van der Waals surface area contributed by atoms with Crippen molar-refractivity contribution in [1.82, 2.24) is 5.32 Å².